The highest BCUT2D eigenvalue weighted by Gasteiger charge is 2.23. The Morgan fingerprint density at radius 1 is 0.892 bits per heavy atom. The van der Waals surface area contributed by atoms with Gasteiger partial charge in [0.05, 0.1) is 32.8 Å². The second kappa shape index (κ2) is 13.7. The summed E-state index contributed by atoms with van der Waals surface area (Å²) >= 11 is 0. The van der Waals surface area contributed by atoms with Crippen LogP contribution in [0.5, 0.6) is 11.5 Å². The van der Waals surface area contributed by atoms with Gasteiger partial charge >= 0.3 is 0 Å². The van der Waals surface area contributed by atoms with Crippen LogP contribution in [0.25, 0.3) is 0 Å². The summed E-state index contributed by atoms with van der Waals surface area (Å²) in [6.45, 7) is 2.79. The van der Waals surface area contributed by atoms with Crippen molar-refractivity contribution < 1.29 is 28.2 Å². The Bertz CT molecular complexity index is 1150. The van der Waals surface area contributed by atoms with E-state index in [-0.39, 0.29) is 25.3 Å². The number of aliphatic hydroxyl groups is 1. The van der Waals surface area contributed by atoms with Crippen molar-refractivity contribution in [1.82, 2.24) is 10.6 Å². The van der Waals surface area contributed by atoms with Crippen LogP contribution in [0.1, 0.15) is 29.2 Å². The van der Waals surface area contributed by atoms with Crippen molar-refractivity contribution in [2.45, 2.75) is 44.9 Å². The molecule has 6 nitrogen and oxygen atoms in total. The zero-order valence-corrected chi connectivity index (χ0v) is 21.4. The van der Waals surface area contributed by atoms with Crippen LogP contribution in [-0.4, -0.2) is 43.9 Å². The predicted octanol–water partition coefficient (Wildman–Crippen LogP) is 3.97. The Kier molecular flexibility index (Phi) is 10.4. The molecule has 3 N–H and O–H groups in total. The van der Waals surface area contributed by atoms with Crippen LogP contribution in [0.15, 0.2) is 60.7 Å². The van der Waals surface area contributed by atoms with Gasteiger partial charge in [0.2, 0.25) is 5.91 Å². The minimum atomic E-state index is -1.01. The SMILES string of the molecule is CCc1cccc(CNC[C@@H](O)[C@H](Cc2cc(F)cc(F)c2)NC(=O)Cc2cc(OC)cc(OC)c2)c1. The summed E-state index contributed by atoms with van der Waals surface area (Å²) in [6.07, 6.45) is -0.0281. The molecule has 8 heteroatoms. The molecule has 0 spiro atoms. The molecule has 0 aliphatic rings. The van der Waals surface area contributed by atoms with E-state index >= 15 is 0 Å². The normalized spacial score (nSPS) is 12.6. The maximum absolute atomic E-state index is 13.8. The topological polar surface area (TPSA) is 79.8 Å². The number of aliphatic hydroxyl groups excluding tert-OH is 1. The molecule has 0 aliphatic carbocycles. The van der Waals surface area contributed by atoms with Crippen LogP contribution in [0.4, 0.5) is 8.78 Å². The van der Waals surface area contributed by atoms with Crippen LogP contribution in [0.2, 0.25) is 0 Å². The molecule has 0 aromatic heterocycles. The molecule has 0 heterocycles. The molecule has 0 saturated carbocycles. The van der Waals surface area contributed by atoms with Crippen molar-refractivity contribution in [1.29, 1.82) is 0 Å². The van der Waals surface area contributed by atoms with E-state index in [0.29, 0.717) is 29.2 Å². The first-order valence-electron chi connectivity index (χ1n) is 12.2. The number of hydrogen-bond donors (Lipinski definition) is 3. The number of rotatable bonds is 13. The molecule has 198 valence electrons. The summed E-state index contributed by atoms with van der Waals surface area (Å²) in [5.74, 6) is -0.693. The lowest BCUT2D eigenvalue weighted by molar-refractivity contribution is -0.122. The molecule has 3 aromatic rings. The zero-order chi connectivity index (χ0) is 26.8. The van der Waals surface area contributed by atoms with Gasteiger partial charge in [-0.25, -0.2) is 8.78 Å². The highest BCUT2D eigenvalue weighted by molar-refractivity contribution is 5.79. The first kappa shape index (κ1) is 28.1. The Labute approximate surface area is 216 Å². The molecule has 3 aromatic carbocycles. The Morgan fingerprint density at radius 2 is 1.54 bits per heavy atom. The minimum Gasteiger partial charge on any atom is -0.497 e. The summed E-state index contributed by atoms with van der Waals surface area (Å²) in [6, 6.07) is 15.7. The highest BCUT2D eigenvalue weighted by atomic mass is 19.1. The monoisotopic (exact) mass is 512 g/mol. The molecule has 0 unspecified atom stereocenters. The molecule has 37 heavy (non-hydrogen) atoms. The second-order valence-electron chi connectivity index (χ2n) is 8.93. The third-order valence-electron chi connectivity index (χ3n) is 6.05. The van der Waals surface area contributed by atoms with E-state index in [0.717, 1.165) is 18.1 Å². The standard InChI is InChI=1S/C29H34F2N2O4/c1-4-19-6-5-7-20(8-19)17-32-18-28(34)27(13-21-9-23(30)15-24(31)10-21)33-29(35)14-22-11-25(36-2)16-26(12-22)37-3/h5-12,15-16,27-28,32,34H,4,13-14,17-18H2,1-3H3,(H,33,35)/t27-,28+/m0/s1. The fraction of sp³-hybridized carbons (Fsp3) is 0.345. The van der Waals surface area contributed by atoms with Gasteiger partial charge in [-0.2, -0.15) is 0 Å². The van der Waals surface area contributed by atoms with Crippen molar-refractivity contribution in [2.75, 3.05) is 20.8 Å². The molecular weight excluding hydrogens is 478 g/mol. The molecule has 0 radical (unpaired) electrons. The number of methoxy groups -OCH3 is 2. The molecule has 0 aliphatic heterocycles. The van der Waals surface area contributed by atoms with E-state index in [1.54, 1.807) is 18.2 Å². The average molecular weight is 513 g/mol. The molecule has 0 fully saturated rings. The van der Waals surface area contributed by atoms with E-state index in [1.165, 1.54) is 31.9 Å². The van der Waals surface area contributed by atoms with E-state index < -0.39 is 23.8 Å². The minimum absolute atomic E-state index is 0.00549. The van der Waals surface area contributed by atoms with Crippen LogP contribution in [0.3, 0.4) is 0 Å². The fourth-order valence-corrected chi connectivity index (χ4v) is 4.14. The number of nitrogens with one attached hydrogen (secondary N) is 2. The summed E-state index contributed by atoms with van der Waals surface area (Å²) in [5, 5.41) is 17.0. The Balaban J connectivity index is 1.70. The number of ether oxygens (including phenoxy) is 2. The van der Waals surface area contributed by atoms with Crippen LogP contribution < -0.4 is 20.1 Å². The third-order valence-corrected chi connectivity index (χ3v) is 6.05. The van der Waals surface area contributed by atoms with Crippen LogP contribution in [-0.2, 0) is 30.6 Å². The predicted molar refractivity (Wildman–Crippen MR) is 139 cm³/mol. The molecule has 3 rings (SSSR count). The quantitative estimate of drug-likeness (QED) is 0.323. The summed E-state index contributed by atoms with van der Waals surface area (Å²) in [4.78, 5) is 12.9. The fourth-order valence-electron chi connectivity index (χ4n) is 4.14. The Morgan fingerprint density at radius 3 is 2.16 bits per heavy atom. The largest absolute Gasteiger partial charge is 0.497 e. The van der Waals surface area contributed by atoms with E-state index in [9.17, 15) is 18.7 Å². The van der Waals surface area contributed by atoms with Gasteiger partial charge in [-0.05, 0) is 59.4 Å². The number of hydrogen-bond acceptors (Lipinski definition) is 5. The molecule has 0 bridgehead atoms. The number of halogens is 2. The maximum atomic E-state index is 13.8. The molecule has 2 atom stereocenters. The number of carbonyl (C=O) groups excluding carboxylic acids is 1. The van der Waals surface area contributed by atoms with Gasteiger partial charge in [-0.1, -0.05) is 31.2 Å². The Hall–Kier alpha value is -3.49. The van der Waals surface area contributed by atoms with E-state index in [2.05, 4.69) is 29.7 Å². The first-order valence-corrected chi connectivity index (χ1v) is 12.2. The van der Waals surface area contributed by atoms with Gasteiger partial charge in [0.25, 0.3) is 0 Å². The number of carbonyl (C=O) groups is 1. The highest BCUT2D eigenvalue weighted by Crippen LogP contribution is 2.23. The van der Waals surface area contributed by atoms with Crippen LogP contribution >= 0.6 is 0 Å². The van der Waals surface area contributed by atoms with Crippen molar-refractivity contribution in [2.24, 2.45) is 0 Å². The van der Waals surface area contributed by atoms with Crippen molar-refractivity contribution in [3.8, 4) is 11.5 Å². The van der Waals surface area contributed by atoms with Gasteiger partial charge < -0.3 is 25.2 Å². The van der Waals surface area contributed by atoms with Gasteiger partial charge in [-0.3, -0.25) is 4.79 Å². The van der Waals surface area contributed by atoms with Crippen molar-refractivity contribution >= 4 is 5.91 Å². The summed E-state index contributed by atoms with van der Waals surface area (Å²) in [5.41, 5.74) is 3.28. The van der Waals surface area contributed by atoms with Crippen LogP contribution in [0, 0.1) is 11.6 Å². The second-order valence-corrected chi connectivity index (χ2v) is 8.93. The van der Waals surface area contributed by atoms with E-state index in [1.807, 2.05) is 12.1 Å². The first-order chi connectivity index (χ1) is 17.8. The molecule has 1 amide bonds. The number of benzene rings is 3. The number of aryl methyl sites for hydroxylation is 1. The van der Waals surface area contributed by atoms with Gasteiger partial charge in [-0.15, -0.1) is 0 Å². The van der Waals surface area contributed by atoms with Crippen molar-refractivity contribution in [3.63, 3.8) is 0 Å². The summed E-state index contributed by atoms with van der Waals surface area (Å²) in [7, 11) is 3.04. The zero-order valence-electron chi connectivity index (χ0n) is 21.4. The summed E-state index contributed by atoms with van der Waals surface area (Å²) < 4.78 is 38.1. The lowest BCUT2D eigenvalue weighted by atomic mass is 10.00. The van der Waals surface area contributed by atoms with Gasteiger partial charge in [0.1, 0.15) is 23.1 Å². The van der Waals surface area contributed by atoms with E-state index in [4.69, 9.17) is 9.47 Å². The van der Waals surface area contributed by atoms with Crippen molar-refractivity contribution in [3.05, 3.63) is 94.6 Å². The maximum Gasteiger partial charge on any atom is 0.224 e. The third kappa shape index (κ3) is 8.84. The lowest BCUT2D eigenvalue weighted by Gasteiger charge is -2.25. The number of amides is 1. The molecule has 0 saturated heterocycles. The van der Waals surface area contributed by atoms with Gasteiger partial charge in [0, 0.05) is 25.2 Å². The average Bonchev–Trinajstić information content (AvgIpc) is 2.87. The van der Waals surface area contributed by atoms with Gasteiger partial charge in [0.15, 0.2) is 0 Å². The molecular formula is C29H34F2N2O4. The lowest BCUT2D eigenvalue weighted by Crippen LogP contribution is -2.49. The smallest absolute Gasteiger partial charge is 0.224 e.